The zero-order valence-electron chi connectivity index (χ0n) is 18.2. The number of nitrogens with one attached hydrogen (secondary N) is 1. The fourth-order valence-electron chi connectivity index (χ4n) is 3.10. The summed E-state index contributed by atoms with van der Waals surface area (Å²) < 4.78 is 24.7. The number of carbonyl (C=O) groups excluding carboxylic acids is 1. The van der Waals surface area contributed by atoms with Crippen LogP contribution in [0.4, 0.5) is 10.2 Å². The number of hydrogen-bond donors (Lipinski definition) is 2. The Morgan fingerprint density at radius 1 is 1.26 bits per heavy atom. The van der Waals surface area contributed by atoms with Gasteiger partial charge in [-0.25, -0.2) is 14.4 Å². The molecule has 0 aliphatic carbocycles. The van der Waals surface area contributed by atoms with E-state index >= 15 is 0 Å². The van der Waals surface area contributed by atoms with Gasteiger partial charge in [0.25, 0.3) is 5.91 Å². The average molecular weight is 464 g/mol. The summed E-state index contributed by atoms with van der Waals surface area (Å²) in [5.41, 5.74) is 10.3. The summed E-state index contributed by atoms with van der Waals surface area (Å²) >= 11 is 0. The van der Waals surface area contributed by atoms with Crippen molar-refractivity contribution >= 4 is 17.9 Å². The molecule has 0 saturated heterocycles. The first-order valence-electron chi connectivity index (χ1n) is 10.4. The molecule has 4 rings (SSSR count). The van der Waals surface area contributed by atoms with Crippen molar-refractivity contribution in [2.45, 2.75) is 26.4 Å². The van der Waals surface area contributed by atoms with Crippen LogP contribution in [0.1, 0.15) is 40.7 Å². The number of hydrazone groups is 1. The van der Waals surface area contributed by atoms with E-state index < -0.39 is 5.91 Å². The van der Waals surface area contributed by atoms with Gasteiger partial charge in [-0.2, -0.15) is 9.78 Å². The summed E-state index contributed by atoms with van der Waals surface area (Å²) in [7, 11) is 0. The Morgan fingerprint density at radius 3 is 2.82 bits per heavy atom. The predicted octanol–water partition coefficient (Wildman–Crippen LogP) is 2.67. The zero-order valence-corrected chi connectivity index (χ0v) is 18.2. The average Bonchev–Trinajstić information content (AvgIpc) is 3.45. The summed E-state index contributed by atoms with van der Waals surface area (Å²) in [6, 6.07) is 13.2. The minimum absolute atomic E-state index is 0.0359. The standard InChI is InChI=1S/C22H21FN8O3/c1-2-4-18-19(26-30-31(18)21-20(24)28-34-29-21)22(32)27-25-12-15-5-3-6-17(11-15)33-13-14-7-9-16(23)10-8-14/h3,5-12H,2,4,13H2,1H3,(H2,24,28)(H,27,32). The van der Waals surface area contributed by atoms with Crippen LogP contribution in [0.25, 0.3) is 5.82 Å². The molecular weight excluding hydrogens is 443 g/mol. The van der Waals surface area contributed by atoms with Gasteiger partial charge in [0, 0.05) is 0 Å². The third-order valence-electron chi connectivity index (χ3n) is 4.72. The van der Waals surface area contributed by atoms with Gasteiger partial charge in [-0.3, -0.25) is 4.79 Å². The topological polar surface area (TPSA) is 146 Å². The van der Waals surface area contributed by atoms with Crippen molar-refractivity contribution < 1.29 is 18.6 Å². The van der Waals surface area contributed by atoms with E-state index in [-0.39, 0.29) is 23.1 Å². The van der Waals surface area contributed by atoms with Crippen LogP contribution >= 0.6 is 0 Å². The second-order valence-electron chi connectivity index (χ2n) is 7.21. The van der Waals surface area contributed by atoms with Gasteiger partial charge in [-0.05, 0) is 52.1 Å². The Labute approximate surface area is 193 Å². The van der Waals surface area contributed by atoms with E-state index in [1.165, 1.54) is 23.0 Å². The van der Waals surface area contributed by atoms with Crippen molar-refractivity contribution in [3.05, 3.63) is 76.9 Å². The number of nitrogens with zero attached hydrogens (tertiary/aromatic N) is 6. The third-order valence-corrected chi connectivity index (χ3v) is 4.72. The largest absolute Gasteiger partial charge is 0.489 e. The van der Waals surface area contributed by atoms with Crippen LogP contribution in [0.3, 0.4) is 0 Å². The minimum atomic E-state index is -0.537. The number of halogens is 1. The molecule has 11 nitrogen and oxygen atoms in total. The number of amides is 1. The molecule has 0 aliphatic heterocycles. The maximum absolute atomic E-state index is 13.0. The maximum Gasteiger partial charge on any atom is 0.293 e. The number of ether oxygens (including phenoxy) is 1. The molecule has 2 aromatic carbocycles. The first kappa shape index (κ1) is 22.6. The highest BCUT2D eigenvalue weighted by atomic mass is 19.1. The molecule has 174 valence electrons. The van der Waals surface area contributed by atoms with Crippen molar-refractivity contribution in [1.29, 1.82) is 0 Å². The highest BCUT2D eigenvalue weighted by Gasteiger charge is 2.23. The Kier molecular flexibility index (Phi) is 6.87. The molecule has 0 fully saturated rings. The van der Waals surface area contributed by atoms with Crippen molar-refractivity contribution in [3.63, 3.8) is 0 Å². The lowest BCUT2D eigenvalue weighted by molar-refractivity contribution is 0.0949. The lowest BCUT2D eigenvalue weighted by Crippen LogP contribution is -2.20. The van der Waals surface area contributed by atoms with Crippen LogP contribution in [0.15, 0.2) is 58.3 Å². The molecule has 12 heteroatoms. The van der Waals surface area contributed by atoms with Crippen LogP contribution in [0, 0.1) is 5.82 Å². The summed E-state index contributed by atoms with van der Waals surface area (Å²) in [5, 5.41) is 19.2. The van der Waals surface area contributed by atoms with Crippen LogP contribution in [-0.2, 0) is 13.0 Å². The number of rotatable bonds is 9. The van der Waals surface area contributed by atoms with E-state index in [0.29, 0.717) is 30.0 Å². The predicted molar refractivity (Wildman–Crippen MR) is 120 cm³/mol. The monoisotopic (exact) mass is 464 g/mol. The van der Waals surface area contributed by atoms with E-state index in [2.05, 4.69) is 35.8 Å². The SMILES string of the molecule is CCCc1c(C(=O)NN=Cc2cccc(OCc3ccc(F)cc3)c2)nnn1-c1nonc1N. The van der Waals surface area contributed by atoms with E-state index in [1.54, 1.807) is 36.4 Å². The molecule has 0 radical (unpaired) electrons. The van der Waals surface area contributed by atoms with Crippen molar-refractivity contribution in [2.24, 2.45) is 5.10 Å². The molecule has 2 aromatic heterocycles. The number of nitrogens with two attached hydrogens (primary N) is 1. The van der Waals surface area contributed by atoms with Gasteiger partial charge in [0.15, 0.2) is 5.69 Å². The summed E-state index contributed by atoms with van der Waals surface area (Å²) in [5.74, 6) is -0.0337. The van der Waals surface area contributed by atoms with Crippen LogP contribution in [0.2, 0.25) is 0 Å². The number of aromatic nitrogens is 5. The number of benzene rings is 2. The highest BCUT2D eigenvalue weighted by molar-refractivity contribution is 5.94. The van der Waals surface area contributed by atoms with Gasteiger partial charge >= 0.3 is 0 Å². The number of hydrogen-bond acceptors (Lipinski definition) is 9. The zero-order chi connectivity index (χ0) is 23.9. The number of carbonyl (C=O) groups is 1. The molecule has 0 unspecified atom stereocenters. The van der Waals surface area contributed by atoms with Crippen LogP contribution in [-0.4, -0.2) is 37.4 Å². The molecule has 0 aliphatic rings. The Morgan fingerprint density at radius 2 is 2.09 bits per heavy atom. The first-order chi connectivity index (χ1) is 16.5. The smallest absolute Gasteiger partial charge is 0.293 e. The third kappa shape index (κ3) is 5.23. The molecule has 4 aromatic rings. The Hall–Kier alpha value is -4.61. The molecule has 0 spiro atoms. The van der Waals surface area contributed by atoms with E-state index in [4.69, 9.17) is 10.5 Å². The molecule has 1 amide bonds. The molecule has 0 atom stereocenters. The fourth-order valence-corrected chi connectivity index (χ4v) is 3.10. The van der Waals surface area contributed by atoms with Crippen LogP contribution < -0.4 is 15.9 Å². The summed E-state index contributed by atoms with van der Waals surface area (Å²) in [6.45, 7) is 2.24. The first-order valence-corrected chi connectivity index (χ1v) is 10.4. The Balaban J connectivity index is 1.41. The second-order valence-corrected chi connectivity index (χ2v) is 7.21. The van der Waals surface area contributed by atoms with E-state index in [1.807, 2.05) is 6.92 Å². The summed E-state index contributed by atoms with van der Waals surface area (Å²) in [6.07, 6.45) is 2.71. The van der Waals surface area contributed by atoms with E-state index in [0.717, 1.165) is 12.0 Å². The van der Waals surface area contributed by atoms with Gasteiger partial charge in [0.1, 0.15) is 18.2 Å². The second kappa shape index (κ2) is 10.3. The Bertz CT molecular complexity index is 1300. The molecule has 0 saturated carbocycles. The van der Waals surface area contributed by atoms with Gasteiger partial charge in [0.05, 0.1) is 11.9 Å². The molecule has 34 heavy (non-hydrogen) atoms. The van der Waals surface area contributed by atoms with Crippen LogP contribution in [0.5, 0.6) is 5.75 Å². The minimum Gasteiger partial charge on any atom is -0.489 e. The van der Waals surface area contributed by atoms with Crippen molar-refractivity contribution in [3.8, 4) is 11.6 Å². The number of nitrogen functional groups attached to an aromatic ring is 1. The lowest BCUT2D eigenvalue weighted by Gasteiger charge is -2.07. The van der Waals surface area contributed by atoms with Crippen molar-refractivity contribution in [1.82, 2.24) is 30.7 Å². The highest BCUT2D eigenvalue weighted by Crippen LogP contribution is 2.17. The van der Waals surface area contributed by atoms with Gasteiger partial charge < -0.3 is 10.5 Å². The molecular formula is C22H21FN8O3. The quantitative estimate of drug-likeness (QED) is 0.284. The molecule has 0 bridgehead atoms. The van der Waals surface area contributed by atoms with Gasteiger partial charge in [-0.15, -0.1) is 5.10 Å². The summed E-state index contributed by atoms with van der Waals surface area (Å²) in [4.78, 5) is 12.7. The van der Waals surface area contributed by atoms with Gasteiger partial charge in [0.2, 0.25) is 11.6 Å². The van der Waals surface area contributed by atoms with E-state index in [9.17, 15) is 9.18 Å². The van der Waals surface area contributed by atoms with Crippen molar-refractivity contribution in [2.75, 3.05) is 5.73 Å². The number of anilines is 1. The maximum atomic E-state index is 13.0. The normalized spacial score (nSPS) is 11.1. The fraction of sp³-hybridized carbons (Fsp3) is 0.182. The molecule has 3 N–H and O–H groups in total. The lowest BCUT2D eigenvalue weighted by atomic mass is 10.2. The van der Waals surface area contributed by atoms with Gasteiger partial charge in [-0.1, -0.05) is 42.8 Å². The molecule has 2 heterocycles.